The van der Waals surface area contributed by atoms with Gasteiger partial charge in [0.15, 0.2) is 0 Å². The van der Waals surface area contributed by atoms with Gasteiger partial charge in [-0.05, 0) is 26.0 Å². The van der Waals surface area contributed by atoms with E-state index in [9.17, 15) is 4.79 Å². The summed E-state index contributed by atoms with van der Waals surface area (Å²) in [5.74, 6) is -0.0639. The van der Waals surface area contributed by atoms with E-state index in [-0.39, 0.29) is 5.91 Å². The number of hydrogen-bond acceptors (Lipinski definition) is 2. The van der Waals surface area contributed by atoms with E-state index in [0.717, 1.165) is 5.70 Å². The quantitative estimate of drug-likeness (QED) is 0.381. The molecule has 14 heavy (non-hydrogen) atoms. The molecule has 0 heterocycles. The molecular formula is C11H18N2O. The fourth-order valence-electron chi connectivity index (χ4n) is 0.879. The average molecular weight is 194 g/mol. The van der Waals surface area contributed by atoms with Crippen LogP contribution in [0.3, 0.4) is 0 Å². The van der Waals surface area contributed by atoms with E-state index in [1.807, 2.05) is 26.0 Å². The second-order valence-electron chi connectivity index (χ2n) is 2.74. The molecule has 78 valence electrons. The van der Waals surface area contributed by atoms with Crippen LogP contribution in [-0.2, 0) is 4.79 Å². The van der Waals surface area contributed by atoms with Crippen LogP contribution < -0.4 is 10.6 Å². The summed E-state index contributed by atoms with van der Waals surface area (Å²) < 4.78 is 0. The molecule has 0 saturated carbocycles. The van der Waals surface area contributed by atoms with E-state index >= 15 is 0 Å². The molecule has 0 bridgehead atoms. The van der Waals surface area contributed by atoms with Crippen LogP contribution in [0, 0.1) is 0 Å². The second kappa shape index (κ2) is 8.10. The van der Waals surface area contributed by atoms with Gasteiger partial charge in [0.25, 0.3) is 0 Å². The normalized spacial score (nSPS) is 10.7. The number of carbonyl (C=O) groups excluding carboxylic acids is 1. The lowest BCUT2D eigenvalue weighted by atomic mass is 10.4. The number of allylic oxidation sites excluding steroid dienone is 3. The molecule has 0 atom stereocenters. The molecule has 0 aromatic heterocycles. The highest BCUT2D eigenvalue weighted by Gasteiger charge is 1.92. The summed E-state index contributed by atoms with van der Waals surface area (Å²) in [7, 11) is 0. The zero-order valence-corrected chi connectivity index (χ0v) is 8.84. The van der Waals surface area contributed by atoms with E-state index < -0.39 is 0 Å². The highest BCUT2D eigenvalue weighted by Crippen LogP contribution is 1.84. The standard InChI is InChI=1S/C11H18N2O/c1-4-6-10(3)12-8-9-13-11(14)7-5-2/h4-7,12H,3,8-9H2,1-2H3,(H,13,14)/b6-4+,7-5+. The Bertz CT molecular complexity index is 216. The molecule has 3 heteroatoms. The van der Waals surface area contributed by atoms with E-state index in [2.05, 4.69) is 17.2 Å². The molecule has 0 aromatic rings. The minimum absolute atomic E-state index is 0.0639. The Morgan fingerprint density at radius 3 is 2.29 bits per heavy atom. The van der Waals surface area contributed by atoms with Crippen LogP contribution in [0.5, 0.6) is 0 Å². The smallest absolute Gasteiger partial charge is 0.243 e. The maximum atomic E-state index is 11.0. The fourth-order valence-corrected chi connectivity index (χ4v) is 0.879. The minimum Gasteiger partial charge on any atom is -0.384 e. The molecule has 0 fully saturated rings. The average Bonchev–Trinajstić information content (AvgIpc) is 2.13. The highest BCUT2D eigenvalue weighted by atomic mass is 16.1. The number of amides is 1. The van der Waals surface area contributed by atoms with Crippen molar-refractivity contribution in [3.63, 3.8) is 0 Å². The molecule has 0 radical (unpaired) electrons. The minimum atomic E-state index is -0.0639. The Balaban J connectivity index is 3.47. The molecule has 2 N–H and O–H groups in total. The molecular weight excluding hydrogens is 176 g/mol. The van der Waals surface area contributed by atoms with Gasteiger partial charge in [0, 0.05) is 18.8 Å². The van der Waals surface area contributed by atoms with E-state index in [1.54, 1.807) is 6.08 Å². The predicted molar refractivity (Wildman–Crippen MR) is 59.8 cm³/mol. The van der Waals surface area contributed by atoms with E-state index in [4.69, 9.17) is 0 Å². The van der Waals surface area contributed by atoms with Crippen molar-refractivity contribution in [2.75, 3.05) is 13.1 Å². The first-order valence-corrected chi connectivity index (χ1v) is 4.66. The molecule has 0 rings (SSSR count). The van der Waals surface area contributed by atoms with Crippen LogP contribution in [0.2, 0.25) is 0 Å². The van der Waals surface area contributed by atoms with Gasteiger partial charge in [0.05, 0.1) is 0 Å². The molecule has 0 aliphatic rings. The summed E-state index contributed by atoms with van der Waals surface area (Å²) in [6.07, 6.45) is 7.00. The lowest BCUT2D eigenvalue weighted by molar-refractivity contribution is -0.116. The maximum Gasteiger partial charge on any atom is 0.243 e. The molecule has 0 spiro atoms. The van der Waals surface area contributed by atoms with E-state index in [1.165, 1.54) is 6.08 Å². The Morgan fingerprint density at radius 1 is 1.14 bits per heavy atom. The first-order valence-electron chi connectivity index (χ1n) is 4.66. The van der Waals surface area contributed by atoms with Gasteiger partial charge in [0.2, 0.25) is 5.91 Å². The summed E-state index contributed by atoms with van der Waals surface area (Å²) in [5, 5.41) is 5.79. The molecule has 0 saturated heterocycles. The molecule has 0 aliphatic heterocycles. The van der Waals surface area contributed by atoms with E-state index in [0.29, 0.717) is 13.1 Å². The van der Waals surface area contributed by atoms with Crippen LogP contribution in [0.25, 0.3) is 0 Å². The van der Waals surface area contributed by atoms with Crippen molar-refractivity contribution in [2.24, 2.45) is 0 Å². The Kier molecular flexibility index (Phi) is 7.23. The summed E-state index contributed by atoms with van der Waals surface area (Å²) in [6.45, 7) is 8.80. The number of nitrogens with one attached hydrogen (secondary N) is 2. The highest BCUT2D eigenvalue weighted by molar-refractivity contribution is 5.87. The van der Waals surface area contributed by atoms with Gasteiger partial charge >= 0.3 is 0 Å². The topological polar surface area (TPSA) is 41.1 Å². The molecule has 0 aliphatic carbocycles. The Morgan fingerprint density at radius 2 is 1.71 bits per heavy atom. The van der Waals surface area contributed by atoms with Crippen molar-refractivity contribution >= 4 is 5.91 Å². The lowest BCUT2D eigenvalue weighted by Crippen LogP contribution is -2.29. The van der Waals surface area contributed by atoms with Crippen LogP contribution >= 0.6 is 0 Å². The third-order valence-electron chi connectivity index (χ3n) is 1.46. The maximum absolute atomic E-state index is 11.0. The van der Waals surface area contributed by atoms with Gasteiger partial charge in [-0.3, -0.25) is 4.79 Å². The number of carbonyl (C=O) groups is 1. The molecule has 0 unspecified atom stereocenters. The number of rotatable bonds is 6. The van der Waals surface area contributed by atoms with Gasteiger partial charge < -0.3 is 10.6 Å². The molecule has 0 aromatic carbocycles. The van der Waals surface area contributed by atoms with Gasteiger partial charge in [-0.1, -0.05) is 18.7 Å². The summed E-state index contributed by atoms with van der Waals surface area (Å²) in [5.41, 5.74) is 0.854. The van der Waals surface area contributed by atoms with Crippen LogP contribution in [0.4, 0.5) is 0 Å². The summed E-state index contributed by atoms with van der Waals surface area (Å²) in [4.78, 5) is 11.0. The SMILES string of the molecule is C=C(/C=C/C)NCCNC(=O)/C=C/C. The van der Waals surface area contributed by atoms with Gasteiger partial charge in [-0.2, -0.15) is 0 Å². The van der Waals surface area contributed by atoms with Crippen molar-refractivity contribution in [3.8, 4) is 0 Å². The van der Waals surface area contributed by atoms with Crippen molar-refractivity contribution in [2.45, 2.75) is 13.8 Å². The molecule has 3 nitrogen and oxygen atoms in total. The third kappa shape index (κ3) is 7.16. The first kappa shape index (κ1) is 12.5. The second-order valence-corrected chi connectivity index (χ2v) is 2.74. The van der Waals surface area contributed by atoms with Crippen molar-refractivity contribution in [1.82, 2.24) is 10.6 Å². The first-order chi connectivity index (χ1) is 6.70. The Hall–Kier alpha value is -1.51. The monoisotopic (exact) mass is 194 g/mol. The van der Waals surface area contributed by atoms with Crippen LogP contribution in [-0.4, -0.2) is 19.0 Å². The summed E-state index contributed by atoms with van der Waals surface area (Å²) >= 11 is 0. The van der Waals surface area contributed by atoms with Crippen molar-refractivity contribution in [1.29, 1.82) is 0 Å². The van der Waals surface area contributed by atoms with Crippen molar-refractivity contribution in [3.05, 3.63) is 36.6 Å². The van der Waals surface area contributed by atoms with Gasteiger partial charge in [-0.25, -0.2) is 0 Å². The van der Waals surface area contributed by atoms with Crippen LogP contribution in [0.15, 0.2) is 36.6 Å². The largest absolute Gasteiger partial charge is 0.384 e. The summed E-state index contributed by atoms with van der Waals surface area (Å²) in [6, 6.07) is 0. The zero-order chi connectivity index (χ0) is 10.8. The van der Waals surface area contributed by atoms with Crippen LogP contribution in [0.1, 0.15) is 13.8 Å². The third-order valence-corrected chi connectivity index (χ3v) is 1.46. The van der Waals surface area contributed by atoms with Gasteiger partial charge in [0.1, 0.15) is 0 Å². The predicted octanol–water partition coefficient (Wildman–Crippen LogP) is 1.36. The van der Waals surface area contributed by atoms with Crippen molar-refractivity contribution < 1.29 is 4.79 Å². The Labute approximate surface area is 85.6 Å². The number of hydrogen-bond donors (Lipinski definition) is 2. The van der Waals surface area contributed by atoms with Gasteiger partial charge in [-0.15, -0.1) is 0 Å². The molecule has 1 amide bonds. The zero-order valence-electron chi connectivity index (χ0n) is 8.84. The lowest BCUT2D eigenvalue weighted by Gasteiger charge is -2.05. The fraction of sp³-hybridized carbons (Fsp3) is 0.364.